The number of nitrogens with zero attached hydrogens (tertiary/aromatic N) is 5. The highest BCUT2D eigenvalue weighted by molar-refractivity contribution is 7.13. The number of aromatic nitrogens is 5. The Morgan fingerprint density at radius 3 is 2.73 bits per heavy atom. The van der Waals surface area contributed by atoms with Gasteiger partial charge in [0.1, 0.15) is 23.1 Å². The summed E-state index contributed by atoms with van der Waals surface area (Å²) in [6.45, 7) is 0.479. The van der Waals surface area contributed by atoms with Crippen LogP contribution in [0.4, 0.5) is 4.39 Å². The zero-order chi connectivity index (χ0) is 22.6. The molecule has 10 heteroatoms. The Morgan fingerprint density at radius 1 is 1.03 bits per heavy atom. The van der Waals surface area contributed by atoms with Gasteiger partial charge in [-0.05, 0) is 18.2 Å². The fourth-order valence-electron chi connectivity index (χ4n) is 3.16. The number of fused-ring (bicyclic) bond motifs is 1. The lowest BCUT2D eigenvalue weighted by molar-refractivity contribution is 0.0942. The van der Waals surface area contributed by atoms with Crippen molar-refractivity contribution in [2.45, 2.75) is 0 Å². The summed E-state index contributed by atoms with van der Waals surface area (Å²) >= 11 is 1.42. The van der Waals surface area contributed by atoms with Gasteiger partial charge in [-0.15, -0.1) is 26.6 Å². The van der Waals surface area contributed by atoms with Gasteiger partial charge in [0.2, 0.25) is 5.88 Å². The summed E-state index contributed by atoms with van der Waals surface area (Å²) in [5.41, 5.74) is 2.39. The highest BCUT2D eigenvalue weighted by Crippen LogP contribution is 2.23. The molecule has 5 rings (SSSR count). The SMILES string of the molecule is O=C(NCCOc1ccc2nnc(-c3cccc(F)c3)n2n1)c1csc(-c2ccccc2)n1. The van der Waals surface area contributed by atoms with Gasteiger partial charge in [0, 0.05) is 22.6 Å². The van der Waals surface area contributed by atoms with Crippen LogP contribution in [0.5, 0.6) is 5.88 Å². The van der Waals surface area contributed by atoms with Crippen LogP contribution >= 0.6 is 11.3 Å². The zero-order valence-corrected chi connectivity index (χ0v) is 18.0. The van der Waals surface area contributed by atoms with Crippen molar-refractivity contribution in [1.82, 2.24) is 30.1 Å². The quantitative estimate of drug-likeness (QED) is 0.371. The number of hydrogen-bond acceptors (Lipinski definition) is 7. The van der Waals surface area contributed by atoms with E-state index in [-0.39, 0.29) is 24.9 Å². The molecule has 3 aromatic heterocycles. The molecule has 0 unspecified atom stereocenters. The molecule has 164 valence electrons. The molecular formula is C23H17FN6O2S. The van der Waals surface area contributed by atoms with E-state index in [1.165, 1.54) is 28.0 Å². The highest BCUT2D eigenvalue weighted by Gasteiger charge is 2.13. The first-order valence-electron chi connectivity index (χ1n) is 10.1. The zero-order valence-electron chi connectivity index (χ0n) is 17.2. The van der Waals surface area contributed by atoms with E-state index >= 15 is 0 Å². The van der Waals surface area contributed by atoms with Gasteiger partial charge in [-0.2, -0.15) is 4.52 Å². The van der Waals surface area contributed by atoms with E-state index in [1.807, 2.05) is 30.3 Å². The summed E-state index contributed by atoms with van der Waals surface area (Å²) in [7, 11) is 0. The number of carbonyl (C=O) groups excluding carboxylic acids is 1. The number of rotatable bonds is 7. The molecule has 8 nitrogen and oxygen atoms in total. The van der Waals surface area contributed by atoms with Gasteiger partial charge in [0.15, 0.2) is 11.5 Å². The first-order valence-corrected chi connectivity index (χ1v) is 11.0. The molecule has 33 heavy (non-hydrogen) atoms. The molecule has 0 saturated heterocycles. The smallest absolute Gasteiger partial charge is 0.270 e. The molecule has 0 aliphatic heterocycles. The standard InChI is InChI=1S/C23H17FN6O2S/c24-17-8-4-7-16(13-17)21-28-27-19-9-10-20(29-30(19)21)32-12-11-25-22(31)18-14-33-23(26-18)15-5-2-1-3-6-15/h1-10,13-14H,11-12H2,(H,25,31). The van der Waals surface area contributed by atoms with Crippen LogP contribution in [0, 0.1) is 5.82 Å². The predicted octanol–water partition coefficient (Wildman–Crippen LogP) is 3.86. The van der Waals surface area contributed by atoms with Crippen molar-refractivity contribution in [3.05, 3.63) is 83.6 Å². The van der Waals surface area contributed by atoms with Gasteiger partial charge in [-0.25, -0.2) is 9.37 Å². The van der Waals surface area contributed by atoms with Crippen LogP contribution in [-0.2, 0) is 0 Å². The first-order chi connectivity index (χ1) is 16.2. The van der Waals surface area contributed by atoms with Crippen molar-refractivity contribution < 1.29 is 13.9 Å². The topological polar surface area (TPSA) is 94.3 Å². The molecule has 0 aliphatic rings. The minimum atomic E-state index is -0.372. The number of nitrogens with one attached hydrogen (secondary N) is 1. The maximum absolute atomic E-state index is 13.6. The second-order valence-electron chi connectivity index (χ2n) is 6.98. The van der Waals surface area contributed by atoms with E-state index in [1.54, 1.807) is 29.6 Å². The molecule has 0 spiro atoms. The lowest BCUT2D eigenvalue weighted by atomic mass is 10.2. The summed E-state index contributed by atoms with van der Waals surface area (Å²) in [4.78, 5) is 16.8. The van der Waals surface area contributed by atoms with E-state index in [0.29, 0.717) is 28.6 Å². The van der Waals surface area contributed by atoms with Gasteiger partial charge in [0.25, 0.3) is 5.91 Å². The lowest BCUT2D eigenvalue weighted by Gasteiger charge is -2.07. The van der Waals surface area contributed by atoms with E-state index in [9.17, 15) is 9.18 Å². The Labute approximate surface area is 191 Å². The Bertz CT molecular complexity index is 1420. The fourth-order valence-corrected chi connectivity index (χ4v) is 3.96. The van der Waals surface area contributed by atoms with Crippen molar-refractivity contribution in [1.29, 1.82) is 0 Å². The Balaban J connectivity index is 1.20. The Hall–Kier alpha value is -4.18. The molecule has 0 bridgehead atoms. The van der Waals surface area contributed by atoms with Crippen molar-refractivity contribution >= 4 is 22.9 Å². The van der Waals surface area contributed by atoms with Gasteiger partial charge in [0.05, 0.1) is 6.54 Å². The molecule has 3 heterocycles. The molecule has 0 aliphatic carbocycles. The average Bonchev–Trinajstić information content (AvgIpc) is 3.50. The van der Waals surface area contributed by atoms with Gasteiger partial charge in [-0.1, -0.05) is 42.5 Å². The number of carbonyl (C=O) groups is 1. The molecule has 0 fully saturated rings. The van der Waals surface area contributed by atoms with Crippen molar-refractivity contribution in [3.63, 3.8) is 0 Å². The second kappa shape index (κ2) is 9.13. The molecular weight excluding hydrogens is 443 g/mol. The number of halogens is 1. The predicted molar refractivity (Wildman–Crippen MR) is 122 cm³/mol. The molecule has 2 aromatic carbocycles. The third-order valence-electron chi connectivity index (χ3n) is 4.72. The van der Waals surface area contributed by atoms with Crippen LogP contribution in [0.1, 0.15) is 10.5 Å². The molecule has 1 amide bonds. The maximum atomic E-state index is 13.6. The van der Waals surface area contributed by atoms with Crippen molar-refractivity contribution in [3.8, 4) is 27.8 Å². The van der Waals surface area contributed by atoms with Crippen LogP contribution in [0.25, 0.3) is 27.6 Å². The Morgan fingerprint density at radius 2 is 1.88 bits per heavy atom. The normalized spacial score (nSPS) is 10.9. The second-order valence-corrected chi connectivity index (χ2v) is 7.84. The lowest BCUT2D eigenvalue weighted by Crippen LogP contribution is -2.28. The summed E-state index contributed by atoms with van der Waals surface area (Å²) in [5.74, 6) is 0.0891. The van der Waals surface area contributed by atoms with E-state index in [0.717, 1.165) is 10.6 Å². The Kier molecular flexibility index (Phi) is 5.73. The van der Waals surface area contributed by atoms with Crippen molar-refractivity contribution in [2.75, 3.05) is 13.2 Å². The summed E-state index contributed by atoms with van der Waals surface area (Å²) in [6.07, 6.45) is 0. The van der Waals surface area contributed by atoms with E-state index < -0.39 is 0 Å². The maximum Gasteiger partial charge on any atom is 0.270 e. The summed E-state index contributed by atoms with van der Waals surface area (Å²) in [6, 6.07) is 19.1. The number of hydrogen-bond donors (Lipinski definition) is 1. The summed E-state index contributed by atoms with van der Waals surface area (Å²) in [5, 5.41) is 17.8. The van der Waals surface area contributed by atoms with E-state index in [4.69, 9.17) is 4.74 Å². The monoisotopic (exact) mass is 460 g/mol. The van der Waals surface area contributed by atoms with Gasteiger partial charge < -0.3 is 10.1 Å². The van der Waals surface area contributed by atoms with Gasteiger partial charge >= 0.3 is 0 Å². The molecule has 0 radical (unpaired) electrons. The highest BCUT2D eigenvalue weighted by atomic mass is 32.1. The summed E-state index contributed by atoms with van der Waals surface area (Å²) < 4.78 is 20.7. The minimum absolute atomic E-state index is 0.206. The fraction of sp³-hybridized carbons (Fsp3) is 0.0870. The largest absolute Gasteiger partial charge is 0.475 e. The third-order valence-corrected chi connectivity index (χ3v) is 5.61. The molecule has 0 atom stereocenters. The van der Waals surface area contributed by atoms with Crippen LogP contribution in [0.3, 0.4) is 0 Å². The van der Waals surface area contributed by atoms with Crippen LogP contribution in [-0.4, -0.2) is 43.9 Å². The van der Waals surface area contributed by atoms with Gasteiger partial charge in [-0.3, -0.25) is 4.79 Å². The number of thiazole rings is 1. The van der Waals surface area contributed by atoms with Crippen LogP contribution in [0.2, 0.25) is 0 Å². The third kappa shape index (κ3) is 4.55. The first kappa shape index (κ1) is 20.7. The van der Waals surface area contributed by atoms with Crippen LogP contribution in [0.15, 0.2) is 72.1 Å². The number of ether oxygens (including phenoxy) is 1. The molecule has 0 saturated carbocycles. The molecule has 5 aromatic rings. The van der Waals surface area contributed by atoms with Crippen LogP contribution < -0.4 is 10.1 Å². The van der Waals surface area contributed by atoms with E-state index in [2.05, 4.69) is 25.6 Å². The number of amides is 1. The van der Waals surface area contributed by atoms with Crippen molar-refractivity contribution in [2.24, 2.45) is 0 Å². The molecule has 1 N–H and O–H groups in total. The average molecular weight is 460 g/mol. The minimum Gasteiger partial charge on any atom is -0.475 e. The number of benzene rings is 2.